The van der Waals surface area contributed by atoms with Gasteiger partial charge in [-0.05, 0) is 19.8 Å². The molecule has 0 aliphatic heterocycles. The Hall–Kier alpha value is -1.10. The Balaban J connectivity index is 1.93. The molecule has 5 heteroatoms. The Morgan fingerprint density at radius 1 is 1.62 bits per heavy atom. The summed E-state index contributed by atoms with van der Waals surface area (Å²) in [5.41, 5.74) is 0.410. The van der Waals surface area contributed by atoms with Crippen LogP contribution in [0.25, 0.3) is 0 Å². The van der Waals surface area contributed by atoms with Gasteiger partial charge in [-0.3, -0.25) is 0 Å². The van der Waals surface area contributed by atoms with Gasteiger partial charge in [0.1, 0.15) is 0 Å². The lowest BCUT2D eigenvalue weighted by molar-refractivity contribution is 0.0520. The SMILES string of the molecule is CCOC(=O)c1csc(NC2CCCC2)n1. The molecule has 1 aromatic heterocycles. The van der Waals surface area contributed by atoms with Crippen LogP contribution in [0.2, 0.25) is 0 Å². The van der Waals surface area contributed by atoms with Crippen LogP contribution in [0, 0.1) is 0 Å². The summed E-state index contributed by atoms with van der Waals surface area (Å²) >= 11 is 1.47. The number of hydrogen-bond donors (Lipinski definition) is 1. The number of thiazole rings is 1. The van der Waals surface area contributed by atoms with Gasteiger partial charge in [0, 0.05) is 11.4 Å². The van der Waals surface area contributed by atoms with E-state index in [1.807, 2.05) is 0 Å². The zero-order valence-electron chi connectivity index (χ0n) is 9.36. The minimum atomic E-state index is -0.335. The number of aromatic nitrogens is 1. The summed E-state index contributed by atoms with van der Waals surface area (Å²) in [6, 6.07) is 0.529. The molecule has 0 radical (unpaired) electrons. The van der Waals surface area contributed by atoms with Crippen molar-refractivity contribution in [3.8, 4) is 0 Å². The van der Waals surface area contributed by atoms with Crippen molar-refractivity contribution < 1.29 is 9.53 Å². The molecule has 1 aromatic rings. The second kappa shape index (κ2) is 5.30. The van der Waals surface area contributed by atoms with Crippen LogP contribution in [-0.4, -0.2) is 23.6 Å². The van der Waals surface area contributed by atoms with Gasteiger partial charge in [0.15, 0.2) is 10.8 Å². The first kappa shape index (κ1) is 11.4. The van der Waals surface area contributed by atoms with Gasteiger partial charge in [0.2, 0.25) is 0 Å². The van der Waals surface area contributed by atoms with E-state index in [-0.39, 0.29) is 5.97 Å². The van der Waals surface area contributed by atoms with E-state index < -0.39 is 0 Å². The van der Waals surface area contributed by atoms with E-state index in [9.17, 15) is 4.79 Å². The van der Waals surface area contributed by atoms with Gasteiger partial charge in [0.05, 0.1) is 6.61 Å². The van der Waals surface area contributed by atoms with Crippen LogP contribution in [0.15, 0.2) is 5.38 Å². The predicted molar refractivity (Wildman–Crippen MR) is 63.9 cm³/mol. The fourth-order valence-electron chi connectivity index (χ4n) is 1.88. The fourth-order valence-corrected chi connectivity index (χ4v) is 2.64. The first-order valence-electron chi connectivity index (χ1n) is 5.68. The molecule has 88 valence electrons. The normalized spacial score (nSPS) is 16.3. The molecule has 1 aliphatic rings. The van der Waals surface area contributed by atoms with Crippen LogP contribution in [-0.2, 0) is 4.74 Å². The van der Waals surface area contributed by atoms with Gasteiger partial charge < -0.3 is 10.1 Å². The number of rotatable bonds is 4. The molecule has 0 spiro atoms. The standard InChI is InChI=1S/C11H16N2O2S/c1-2-15-10(14)9-7-16-11(13-9)12-8-5-3-4-6-8/h7-8H,2-6H2,1H3,(H,12,13). The average Bonchev–Trinajstić information content (AvgIpc) is 2.90. The van der Waals surface area contributed by atoms with Crippen molar-refractivity contribution in [1.82, 2.24) is 4.98 Å². The lowest BCUT2D eigenvalue weighted by Crippen LogP contribution is -2.14. The third-order valence-corrected chi connectivity index (χ3v) is 3.45. The number of esters is 1. The molecule has 2 rings (SSSR count). The summed E-state index contributed by atoms with van der Waals surface area (Å²) in [6.45, 7) is 2.18. The highest BCUT2D eigenvalue weighted by molar-refractivity contribution is 7.13. The number of nitrogens with one attached hydrogen (secondary N) is 1. The van der Waals surface area contributed by atoms with Crippen LogP contribution in [0.1, 0.15) is 43.1 Å². The van der Waals surface area contributed by atoms with Gasteiger partial charge in [-0.25, -0.2) is 9.78 Å². The van der Waals surface area contributed by atoms with Crippen molar-refractivity contribution in [2.75, 3.05) is 11.9 Å². The molecule has 0 bridgehead atoms. The summed E-state index contributed by atoms with van der Waals surface area (Å²) in [7, 11) is 0. The average molecular weight is 240 g/mol. The van der Waals surface area contributed by atoms with Gasteiger partial charge in [-0.1, -0.05) is 12.8 Å². The maximum atomic E-state index is 11.4. The summed E-state index contributed by atoms with van der Waals surface area (Å²) in [4.78, 5) is 15.6. The zero-order valence-corrected chi connectivity index (χ0v) is 10.2. The van der Waals surface area contributed by atoms with E-state index in [4.69, 9.17) is 4.74 Å². The first-order chi connectivity index (χ1) is 7.79. The number of carbonyl (C=O) groups is 1. The first-order valence-corrected chi connectivity index (χ1v) is 6.56. The predicted octanol–water partition coefficient (Wildman–Crippen LogP) is 2.67. The Bertz CT molecular complexity index is 359. The molecular weight excluding hydrogens is 224 g/mol. The zero-order chi connectivity index (χ0) is 11.4. The Morgan fingerprint density at radius 2 is 2.38 bits per heavy atom. The molecule has 1 fully saturated rings. The largest absolute Gasteiger partial charge is 0.461 e. The van der Waals surface area contributed by atoms with Crippen LogP contribution in [0.4, 0.5) is 5.13 Å². The third-order valence-electron chi connectivity index (χ3n) is 2.67. The van der Waals surface area contributed by atoms with Crippen molar-refractivity contribution in [3.05, 3.63) is 11.1 Å². The second-order valence-corrected chi connectivity index (χ2v) is 4.74. The minimum Gasteiger partial charge on any atom is -0.461 e. The van der Waals surface area contributed by atoms with Crippen molar-refractivity contribution in [1.29, 1.82) is 0 Å². The molecule has 1 saturated carbocycles. The monoisotopic (exact) mass is 240 g/mol. The van der Waals surface area contributed by atoms with Gasteiger partial charge in [0.25, 0.3) is 0 Å². The quantitative estimate of drug-likeness (QED) is 0.822. The van der Waals surface area contributed by atoms with E-state index >= 15 is 0 Å². The Kier molecular flexibility index (Phi) is 3.77. The molecule has 1 aliphatic carbocycles. The maximum absolute atomic E-state index is 11.4. The summed E-state index contributed by atoms with van der Waals surface area (Å²) in [6.07, 6.45) is 4.98. The topological polar surface area (TPSA) is 51.2 Å². The Morgan fingerprint density at radius 3 is 3.06 bits per heavy atom. The number of carbonyl (C=O) groups excluding carboxylic acids is 1. The van der Waals surface area contributed by atoms with E-state index in [1.54, 1.807) is 12.3 Å². The number of ether oxygens (including phenoxy) is 1. The van der Waals surface area contributed by atoms with Crippen molar-refractivity contribution in [2.45, 2.75) is 38.6 Å². The lowest BCUT2D eigenvalue weighted by atomic mass is 10.3. The summed E-state index contributed by atoms with van der Waals surface area (Å²) in [5.74, 6) is -0.335. The highest BCUT2D eigenvalue weighted by atomic mass is 32.1. The highest BCUT2D eigenvalue weighted by Gasteiger charge is 2.17. The molecule has 4 nitrogen and oxygen atoms in total. The highest BCUT2D eigenvalue weighted by Crippen LogP contribution is 2.24. The maximum Gasteiger partial charge on any atom is 0.357 e. The summed E-state index contributed by atoms with van der Waals surface area (Å²) < 4.78 is 4.89. The molecule has 0 aromatic carbocycles. The molecule has 16 heavy (non-hydrogen) atoms. The minimum absolute atomic E-state index is 0.335. The molecule has 0 amide bonds. The molecule has 0 saturated heterocycles. The van der Waals surface area contributed by atoms with Crippen molar-refractivity contribution >= 4 is 22.4 Å². The molecular formula is C11H16N2O2S. The number of hydrogen-bond acceptors (Lipinski definition) is 5. The Labute approximate surface area is 99.0 Å². The lowest BCUT2D eigenvalue weighted by Gasteiger charge is -2.09. The van der Waals surface area contributed by atoms with Crippen LogP contribution in [0.5, 0.6) is 0 Å². The van der Waals surface area contributed by atoms with E-state index in [0.29, 0.717) is 18.3 Å². The second-order valence-electron chi connectivity index (χ2n) is 3.88. The molecule has 1 N–H and O–H groups in total. The van der Waals surface area contributed by atoms with Crippen LogP contribution < -0.4 is 5.32 Å². The van der Waals surface area contributed by atoms with Gasteiger partial charge in [-0.15, -0.1) is 11.3 Å². The van der Waals surface area contributed by atoms with Crippen molar-refractivity contribution in [3.63, 3.8) is 0 Å². The number of anilines is 1. The molecule has 0 atom stereocenters. The van der Waals surface area contributed by atoms with E-state index in [0.717, 1.165) is 5.13 Å². The summed E-state index contributed by atoms with van der Waals surface area (Å²) in [5, 5.41) is 5.93. The number of nitrogens with zero attached hydrogens (tertiary/aromatic N) is 1. The van der Waals surface area contributed by atoms with Gasteiger partial charge >= 0.3 is 5.97 Å². The molecule has 0 unspecified atom stereocenters. The third kappa shape index (κ3) is 2.72. The van der Waals surface area contributed by atoms with Gasteiger partial charge in [-0.2, -0.15) is 0 Å². The van der Waals surface area contributed by atoms with Crippen LogP contribution >= 0.6 is 11.3 Å². The smallest absolute Gasteiger partial charge is 0.357 e. The van der Waals surface area contributed by atoms with E-state index in [1.165, 1.54) is 37.0 Å². The molecule has 1 heterocycles. The fraction of sp³-hybridized carbons (Fsp3) is 0.636. The van der Waals surface area contributed by atoms with Crippen LogP contribution in [0.3, 0.4) is 0 Å². The van der Waals surface area contributed by atoms with Crippen molar-refractivity contribution in [2.24, 2.45) is 0 Å². The van der Waals surface area contributed by atoms with E-state index in [2.05, 4.69) is 10.3 Å².